The van der Waals surface area contributed by atoms with Crippen molar-refractivity contribution in [2.45, 2.75) is 104 Å². The molecule has 1 N–H and O–H groups in total. The van der Waals surface area contributed by atoms with Crippen molar-refractivity contribution in [3.05, 3.63) is 58.9 Å². The molecular formula is C29H44ClIN2O2. The number of carbonyl (C=O) groups is 1. The number of nitrogens with zero attached hydrogens (tertiary/aromatic N) is 1. The first-order chi connectivity index (χ1) is 16.6. The summed E-state index contributed by atoms with van der Waals surface area (Å²) in [6.07, 6.45) is 18.6. The van der Waals surface area contributed by atoms with Crippen molar-refractivity contribution in [1.82, 2.24) is 5.32 Å². The number of aromatic nitrogens is 1. The number of ether oxygens (including phenoxy) is 1. The van der Waals surface area contributed by atoms with Gasteiger partial charge in [-0.3, -0.25) is 4.79 Å². The molecule has 2 aromatic rings. The Labute approximate surface area is 235 Å². The third kappa shape index (κ3) is 14.1. The lowest BCUT2D eigenvalue weighted by Gasteiger charge is -2.10. The van der Waals surface area contributed by atoms with Crippen molar-refractivity contribution in [2.75, 3.05) is 6.61 Å². The van der Waals surface area contributed by atoms with Crippen LogP contribution in [0.2, 0.25) is 5.02 Å². The van der Waals surface area contributed by atoms with E-state index in [1.807, 2.05) is 30.3 Å². The van der Waals surface area contributed by atoms with E-state index in [-0.39, 0.29) is 29.9 Å². The van der Waals surface area contributed by atoms with Crippen LogP contribution in [-0.4, -0.2) is 12.5 Å². The SMILES string of the molecule is CCCCCCCCCCCCOc1ccc(CC(=O)NCc2ccc[n+](CCC)c2)cc1Cl.[I-]. The number of benzene rings is 1. The average Bonchev–Trinajstić information content (AvgIpc) is 2.83. The predicted molar refractivity (Wildman–Crippen MR) is 141 cm³/mol. The van der Waals surface area contributed by atoms with Crippen LogP contribution in [0.4, 0.5) is 0 Å². The zero-order valence-corrected chi connectivity index (χ0v) is 24.6. The van der Waals surface area contributed by atoms with E-state index in [1.165, 1.54) is 57.8 Å². The highest BCUT2D eigenvalue weighted by Crippen LogP contribution is 2.26. The van der Waals surface area contributed by atoms with Crippen molar-refractivity contribution in [1.29, 1.82) is 0 Å². The van der Waals surface area contributed by atoms with Crippen LogP contribution in [-0.2, 0) is 24.3 Å². The molecule has 0 unspecified atom stereocenters. The Hall–Kier alpha value is -1.34. The van der Waals surface area contributed by atoms with E-state index in [0.29, 0.717) is 30.3 Å². The lowest BCUT2D eigenvalue weighted by atomic mass is 10.1. The van der Waals surface area contributed by atoms with Crippen LogP contribution in [0.1, 0.15) is 95.6 Å². The molecule has 0 aliphatic heterocycles. The Morgan fingerprint density at radius 1 is 0.914 bits per heavy atom. The molecule has 0 radical (unpaired) electrons. The van der Waals surface area contributed by atoms with Crippen molar-refractivity contribution in [3.63, 3.8) is 0 Å². The topological polar surface area (TPSA) is 42.2 Å². The Bertz CT molecular complexity index is 847. The molecule has 1 aromatic carbocycles. The van der Waals surface area contributed by atoms with Gasteiger partial charge in [0, 0.05) is 24.6 Å². The van der Waals surface area contributed by atoms with Crippen LogP contribution in [0.5, 0.6) is 5.75 Å². The molecule has 196 valence electrons. The van der Waals surface area contributed by atoms with Gasteiger partial charge in [0.15, 0.2) is 12.4 Å². The van der Waals surface area contributed by atoms with Crippen LogP contribution in [0.25, 0.3) is 0 Å². The normalized spacial score (nSPS) is 10.6. The van der Waals surface area contributed by atoms with Crippen molar-refractivity contribution in [2.24, 2.45) is 0 Å². The minimum absolute atomic E-state index is 0. The van der Waals surface area contributed by atoms with Gasteiger partial charge in [0.1, 0.15) is 12.3 Å². The number of aryl methyl sites for hydroxylation is 1. The molecule has 35 heavy (non-hydrogen) atoms. The third-order valence-electron chi connectivity index (χ3n) is 6.01. The molecule has 0 spiro atoms. The third-order valence-corrected chi connectivity index (χ3v) is 6.30. The first-order valence-electron chi connectivity index (χ1n) is 13.3. The molecule has 0 saturated heterocycles. The number of hydrogen-bond acceptors (Lipinski definition) is 2. The van der Waals surface area contributed by atoms with E-state index in [0.717, 1.165) is 30.5 Å². The monoisotopic (exact) mass is 614 g/mol. The number of pyridine rings is 1. The Kier molecular flexibility index (Phi) is 17.9. The average molecular weight is 615 g/mol. The molecule has 1 amide bonds. The molecule has 1 heterocycles. The maximum absolute atomic E-state index is 12.4. The molecular weight excluding hydrogens is 571 g/mol. The summed E-state index contributed by atoms with van der Waals surface area (Å²) in [5, 5.41) is 3.57. The largest absolute Gasteiger partial charge is 1.00 e. The van der Waals surface area contributed by atoms with Gasteiger partial charge < -0.3 is 34.0 Å². The Morgan fingerprint density at radius 2 is 1.60 bits per heavy atom. The van der Waals surface area contributed by atoms with E-state index in [4.69, 9.17) is 16.3 Å². The Morgan fingerprint density at radius 3 is 2.26 bits per heavy atom. The van der Waals surface area contributed by atoms with Crippen molar-refractivity contribution >= 4 is 17.5 Å². The molecule has 2 rings (SSSR count). The number of halogens is 2. The smallest absolute Gasteiger partial charge is 0.224 e. The molecule has 0 bridgehead atoms. The zero-order valence-electron chi connectivity index (χ0n) is 21.7. The van der Waals surface area contributed by atoms with Gasteiger partial charge in [0.25, 0.3) is 0 Å². The van der Waals surface area contributed by atoms with Crippen LogP contribution < -0.4 is 38.6 Å². The molecule has 0 saturated carbocycles. The fourth-order valence-corrected chi connectivity index (χ4v) is 4.33. The number of unbranched alkanes of at least 4 members (excludes halogenated alkanes) is 9. The summed E-state index contributed by atoms with van der Waals surface area (Å²) in [6, 6.07) is 9.70. The lowest BCUT2D eigenvalue weighted by Crippen LogP contribution is -3.00. The van der Waals surface area contributed by atoms with E-state index in [9.17, 15) is 4.79 Å². The van der Waals surface area contributed by atoms with Gasteiger partial charge >= 0.3 is 0 Å². The summed E-state index contributed by atoms with van der Waals surface area (Å²) in [6.45, 7) is 6.61. The summed E-state index contributed by atoms with van der Waals surface area (Å²) in [4.78, 5) is 12.4. The second-order valence-corrected chi connectivity index (χ2v) is 9.61. The van der Waals surface area contributed by atoms with Gasteiger partial charge in [0.2, 0.25) is 5.91 Å². The van der Waals surface area contributed by atoms with E-state index in [1.54, 1.807) is 0 Å². The fourth-order valence-electron chi connectivity index (χ4n) is 4.07. The second kappa shape index (κ2) is 19.8. The van der Waals surface area contributed by atoms with E-state index < -0.39 is 0 Å². The summed E-state index contributed by atoms with van der Waals surface area (Å²) in [5.74, 6) is 0.688. The van der Waals surface area contributed by atoms with E-state index >= 15 is 0 Å². The van der Waals surface area contributed by atoms with Gasteiger partial charge in [-0.2, -0.15) is 0 Å². The van der Waals surface area contributed by atoms with Gasteiger partial charge in [-0.15, -0.1) is 0 Å². The second-order valence-electron chi connectivity index (χ2n) is 9.20. The van der Waals surface area contributed by atoms with E-state index in [2.05, 4.69) is 36.1 Å². The lowest BCUT2D eigenvalue weighted by molar-refractivity contribution is -0.697. The minimum Gasteiger partial charge on any atom is -1.00 e. The molecule has 4 nitrogen and oxygen atoms in total. The van der Waals surface area contributed by atoms with Crippen molar-refractivity contribution in [3.8, 4) is 5.75 Å². The number of nitrogens with one attached hydrogen (secondary N) is 1. The first kappa shape index (κ1) is 31.7. The van der Waals surface area contributed by atoms with Crippen molar-refractivity contribution < 1.29 is 38.1 Å². The number of hydrogen-bond donors (Lipinski definition) is 1. The standard InChI is InChI=1S/C29H43ClN2O2.HI/c1-3-5-6-7-8-9-10-11-12-13-20-34-28-17-16-25(21-27(28)30)22-29(33)31-23-26-15-14-19-32(24-26)18-4-2;/h14-17,19,21,24H,3-13,18,20,22-23H2,1-2H3;1H. The molecule has 0 aliphatic rings. The molecule has 1 aromatic heterocycles. The maximum Gasteiger partial charge on any atom is 0.224 e. The highest BCUT2D eigenvalue weighted by Gasteiger charge is 2.09. The van der Waals surface area contributed by atoms with Crippen LogP contribution in [0, 0.1) is 0 Å². The summed E-state index contributed by atoms with van der Waals surface area (Å²) >= 11 is 6.41. The van der Waals surface area contributed by atoms with Crippen LogP contribution in [0.3, 0.4) is 0 Å². The fraction of sp³-hybridized carbons (Fsp3) is 0.586. The predicted octanol–water partition coefficient (Wildman–Crippen LogP) is 4.20. The van der Waals surface area contributed by atoms with Crippen LogP contribution in [0.15, 0.2) is 42.7 Å². The number of rotatable bonds is 18. The van der Waals surface area contributed by atoms with Gasteiger partial charge in [-0.05, 0) is 30.2 Å². The zero-order chi connectivity index (χ0) is 24.4. The van der Waals surface area contributed by atoms with Gasteiger partial charge in [-0.1, -0.05) is 89.3 Å². The summed E-state index contributed by atoms with van der Waals surface area (Å²) < 4.78 is 8.02. The summed E-state index contributed by atoms with van der Waals surface area (Å²) in [5.41, 5.74) is 1.99. The molecule has 6 heteroatoms. The molecule has 0 atom stereocenters. The number of amides is 1. The Balaban J connectivity index is 0.00000612. The minimum atomic E-state index is -0.0130. The first-order valence-corrected chi connectivity index (χ1v) is 13.7. The molecule has 0 fully saturated rings. The van der Waals surface area contributed by atoms with Crippen LogP contribution >= 0.6 is 11.6 Å². The highest BCUT2D eigenvalue weighted by atomic mass is 127. The highest BCUT2D eigenvalue weighted by molar-refractivity contribution is 6.32. The maximum atomic E-state index is 12.4. The van der Waals surface area contributed by atoms with Gasteiger partial charge in [0.05, 0.1) is 18.1 Å². The number of carbonyl (C=O) groups excluding carboxylic acids is 1. The van der Waals surface area contributed by atoms with Gasteiger partial charge in [-0.25, -0.2) is 4.57 Å². The molecule has 0 aliphatic carbocycles. The quantitative estimate of drug-likeness (QED) is 0.155. The summed E-state index contributed by atoms with van der Waals surface area (Å²) in [7, 11) is 0.